The molecular formula is C26H24N2O5. The molecule has 7 heteroatoms. The number of nitriles is 1. The fraction of sp³-hybridized carbons (Fsp3) is 0.231. The van der Waals surface area contributed by atoms with Crippen molar-refractivity contribution in [3.8, 4) is 41.0 Å². The molecule has 0 saturated heterocycles. The number of carbonyl (C=O) groups is 1. The minimum atomic E-state index is -0.823. The van der Waals surface area contributed by atoms with Crippen LogP contribution in [0, 0.1) is 23.7 Å². The van der Waals surface area contributed by atoms with E-state index in [2.05, 4.69) is 11.2 Å². The summed E-state index contributed by atoms with van der Waals surface area (Å²) >= 11 is 0. The molecule has 1 amide bonds. The van der Waals surface area contributed by atoms with E-state index in [0.717, 1.165) is 16.7 Å². The van der Waals surface area contributed by atoms with Crippen LogP contribution in [0.2, 0.25) is 0 Å². The maximum Gasteiger partial charge on any atom is 0.253 e. The Morgan fingerprint density at radius 2 is 1.94 bits per heavy atom. The largest absolute Gasteiger partial charge is 0.493 e. The molecule has 0 aliphatic rings. The van der Waals surface area contributed by atoms with Gasteiger partial charge in [-0.25, -0.2) is 0 Å². The molecule has 0 bridgehead atoms. The van der Waals surface area contributed by atoms with E-state index in [1.165, 1.54) is 7.11 Å². The second-order valence-corrected chi connectivity index (χ2v) is 7.00. The van der Waals surface area contributed by atoms with Gasteiger partial charge in [0, 0.05) is 12.1 Å². The first-order valence-electron chi connectivity index (χ1n) is 10.3. The molecule has 7 nitrogen and oxygen atoms in total. The summed E-state index contributed by atoms with van der Waals surface area (Å²) in [6.07, 6.45) is 8.35. The van der Waals surface area contributed by atoms with Gasteiger partial charge in [-0.1, -0.05) is 36.3 Å². The van der Waals surface area contributed by atoms with Gasteiger partial charge in [0.1, 0.15) is 12.7 Å². The lowest BCUT2D eigenvalue weighted by Crippen LogP contribution is -2.32. The third-order valence-electron chi connectivity index (χ3n) is 4.87. The number of nitrogens with zero attached hydrogens (tertiary/aromatic N) is 1. The van der Waals surface area contributed by atoms with Crippen molar-refractivity contribution in [3.63, 3.8) is 0 Å². The second kappa shape index (κ2) is 12.0. The number of furan rings is 1. The van der Waals surface area contributed by atoms with Crippen molar-refractivity contribution >= 4 is 5.91 Å². The van der Waals surface area contributed by atoms with Gasteiger partial charge in [0.15, 0.2) is 24.2 Å². The highest BCUT2D eigenvalue weighted by Gasteiger charge is 2.21. The van der Waals surface area contributed by atoms with E-state index in [1.807, 2.05) is 48.5 Å². The molecule has 0 spiro atoms. The Bertz CT molecular complexity index is 1120. The average molecular weight is 444 g/mol. The van der Waals surface area contributed by atoms with Crippen LogP contribution in [0.4, 0.5) is 0 Å². The van der Waals surface area contributed by atoms with Gasteiger partial charge in [-0.15, -0.1) is 6.42 Å². The van der Waals surface area contributed by atoms with E-state index in [9.17, 15) is 4.79 Å². The second-order valence-electron chi connectivity index (χ2n) is 7.00. The monoisotopic (exact) mass is 444 g/mol. The Labute approximate surface area is 192 Å². The highest BCUT2D eigenvalue weighted by atomic mass is 16.5. The van der Waals surface area contributed by atoms with Crippen LogP contribution < -0.4 is 14.8 Å². The van der Waals surface area contributed by atoms with Gasteiger partial charge in [-0.3, -0.25) is 4.79 Å². The Balaban J connectivity index is 1.62. The summed E-state index contributed by atoms with van der Waals surface area (Å²) in [5.41, 5.74) is 3.57. The SMILES string of the molecule is C#CCOC(C(=O)NCCc1ccc(OCC#N)c(OC)c1)c1ccc(-c2ccoc2)cc1. The van der Waals surface area contributed by atoms with Crippen molar-refractivity contribution in [2.24, 2.45) is 0 Å². The molecule has 0 saturated carbocycles. The van der Waals surface area contributed by atoms with E-state index >= 15 is 0 Å². The van der Waals surface area contributed by atoms with Crippen LogP contribution in [0.25, 0.3) is 11.1 Å². The molecule has 1 heterocycles. The molecule has 0 aliphatic carbocycles. The van der Waals surface area contributed by atoms with Gasteiger partial charge in [0.2, 0.25) is 0 Å². The summed E-state index contributed by atoms with van der Waals surface area (Å²) in [7, 11) is 1.53. The van der Waals surface area contributed by atoms with Crippen molar-refractivity contribution in [2.75, 3.05) is 26.9 Å². The first-order chi connectivity index (χ1) is 16.2. The van der Waals surface area contributed by atoms with Gasteiger partial charge in [-0.05, 0) is 41.3 Å². The van der Waals surface area contributed by atoms with Crippen LogP contribution in [0.5, 0.6) is 11.5 Å². The Hall–Kier alpha value is -4.20. The quantitative estimate of drug-likeness (QED) is 0.451. The zero-order chi connectivity index (χ0) is 23.5. The Kier molecular flexibility index (Phi) is 8.53. The molecule has 3 rings (SSSR count). The average Bonchev–Trinajstić information content (AvgIpc) is 3.39. The number of benzene rings is 2. The number of rotatable bonds is 11. The molecule has 1 atom stereocenters. The van der Waals surface area contributed by atoms with Crippen molar-refractivity contribution in [1.82, 2.24) is 5.32 Å². The maximum atomic E-state index is 12.9. The minimum Gasteiger partial charge on any atom is -0.493 e. The molecule has 33 heavy (non-hydrogen) atoms. The minimum absolute atomic E-state index is 0.0168. The number of hydrogen-bond acceptors (Lipinski definition) is 6. The van der Waals surface area contributed by atoms with E-state index in [1.54, 1.807) is 18.6 Å². The summed E-state index contributed by atoms with van der Waals surface area (Å²) < 4.78 is 21.4. The number of hydrogen-bond donors (Lipinski definition) is 1. The normalized spacial score (nSPS) is 11.1. The lowest BCUT2D eigenvalue weighted by atomic mass is 10.0. The molecule has 0 radical (unpaired) electrons. The summed E-state index contributed by atoms with van der Waals surface area (Å²) in [6, 6.07) is 16.7. The zero-order valence-electron chi connectivity index (χ0n) is 18.2. The summed E-state index contributed by atoms with van der Waals surface area (Å²) in [5.74, 6) is 3.16. The number of ether oxygens (including phenoxy) is 3. The van der Waals surface area contributed by atoms with Crippen LogP contribution in [0.15, 0.2) is 65.5 Å². The van der Waals surface area contributed by atoms with Crippen LogP contribution >= 0.6 is 0 Å². The van der Waals surface area contributed by atoms with Gasteiger partial charge < -0.3 is 23.9 Å². The number of carbonyl (C=O) groups excluding carboxylic acids is 1. The molecular weight excluding hydrogens is 420 g/mol. The number of amides is 1. The van der Waals surface area contributed by atoms with E-state index in [4.69, 9.17) is 30.3 Å². The van der Waals surface area contributed by atoms with E-state index in [-0.39, 0.29) is 19.1 Å². The molecule has 0 fully saturated rings. The third-order valence-corrected chi connectivity index (χ3v) is 4.87. The lowest BCUT2D eigenvalue weighted by Gasteiger charge is -2.17. The molecule has 1 unspecified atom stereocenters. The first-order valence-corrected chi connectivity index (χ1v) is 10.3. The standard InChI is InChI=1S/C26H24N2O5/c1-3-14-33-25(21-7-5-20(6-8-21)22-11-15-31-18-22)26(29)28-13-10-19-4-9-23(32-16-12-27)24(17-19)30-2/h1,4-9,11,15,17-18,25H,10,13-14,16H2,2H3,(H,28,29). The van der Waals surface area contributed by atoms with Crippen molar-refractivity contribution in [2.45, 2.75) is 12.5 Å². The highest BCUT2D eigenvalue weighted by Crippen LogP contribution is 2.28. The number of methoxy groups -OCH3 is 1. The predicted molar refractivity (Wildman–Crippen MR) is 122 cm³/mol. The molecule has 168 valence electrons. The summed E-state index contributed by atoms with van der Waals surface area (Å²) in [6.45, 7) is 0.347. The number of terminal acetylenes is 1. The molecule has 3 aromatic rings. The fourth-order valence-electron chi connectivity index (χ4n) is 3.25. The van der Waals surface area contributed by atoms with E-state index in [0.29, 0.717) is 30.0 Å². The number of nitrogens with one attached hydrogen (secondary N) is 1. The van der Waals surface area contributed by atoms with Crippen molar-refractivity contribution < 1.29 is 23.4 Å². The van der Waals surface area contributed by atoms with Gasteiger partial charge in [-0.2, -0.15) is 5.26 Å². The smallest absolute Gasteiger partial charge is 0.253 e. The Morgan fingerprint density at radius 3 is 2.61 bits per heavy atom. The maximum absolute atomic E-state index is 12.9. The van der Waals surface area contributed by atoms with Gasteiger partial charge in [0.05, 0.1) is 19.6 Å². The topological polar surface area (TPSA) is 93.7 Å². The molecule has 0 aliphatic heterocycles. The third kappa shape index (κ3) is 6.39. The van der Waals surface area contributed by atoms with E-state index < -0.39 is 6.10 Å². The predicted octanol–water partition coefficient (Wildman–Crippen LogP) is 3.91. The Morgan fingerprint density at radius 1 is 1.12 bits per heavy atom. The molecule has 1 aromatic heterocycles. The van der Waals surface area contributed by atoms with Gasteiger partial charge >= 0.3 is 0 Å². The fourth-order valence-corrected chi connectivity index (χ4v) is 3.25. The summed E-state index contributed by atoms with van der Waals surface area (Å²) in [5, 5.41) is 11.6. The zero-order valence-corrected chi connectivity index (χ0v) is 18.2. The molecule has 1 N–H and O–H groups in total. The van der Waals surface area contributed by atoms with Crippen LogP contribution in [-0.4, -0.2) is 32.8 Å². The van der Waals surface area contributed by atoms with Crippen LogP contribution in [0.3, 0.4) is 0 Å². The van der Waals surface area contributed by atoms with Crippen LogP contribution in [0.1, 0.15) is 17.2 Å². The van der Waals surface area contributed by atoms with Crippen LogP contribution in [-0.2, 0) is 16.0 Å². The first kappa shape index (κ1) is 23.5. The van der Waals surface area contributed by atoms with Crippen molar-refractivity contribution in [3.05, 3.63) is 72.2 Å². The van der Waals surface area contributed by atoms with Gasteiger partial charge in [0.25, 0.3) is 5.91 Å². The molecule has 2 aromatic carbocycles. The van der Waals surface area contributed by atoms with Crippen molar-refractivity contribution in [1.29, 1.82) is 5.26 Å². The summed E-state index contributed by atoms with van der Waals surface area (Å²) in [4.78, 5) is 12.9. The lowest BCUT2D eigenvalue weighted by molar-refractivity contribution is -0.132. The highest BCUT2D eigenvalue weighted by molar-refractivity contribution is 5.82.